The van der Waals surface area contributed by atoms with E-state index >= 15 is 0 Å². The van der Waals surface area contributed by atoms with Crippen molar-refractivity contribution < 1.29 is 4.79 Å². The number of urea groups is 1. The van der Waals surface area contributed by atoms with E-state index in [2.05, 4.69) is 33.0 Å². The molecule has 1 rings (SSSR count). The van der Waals surface area contributed by atoms with Crippen LogP contribution in [0.1, 0.15) is 66.2 Å². The molecule has 0 spiro atoms. The summed E-state index contributed by atoms with van der Waals surface area (Å²) >= 11 is 0. The summed E-state index contributed by atoms with van der Waals surface area (Å²) in [5.74, 6) is 0. The zero-order valence-electron chi connectivity index (χ0n) is 11.8. The van der Waals surface area contributed by atoms with Gasteiger partial charge < -0.3 is 11.1 Å². The van der Waals surface area contributed by atoms with Gasteiger partial charge in [-0.1, -0.05) is 40.5 Å². The van der Waals surface area contributed by atoms with E-state index < -0.39 is 0 Å². The highest BCUT2D eigenvalue weighted by molar-refractivity contribution is 5.72. The summed E-state index contributed by atoms with van der Waals surface area (Å²) in [7, 11) is 0. The van der Waals surface area contributed by atoms with Crippen molar-refractivity contribution in [3.05, 3.63) is 0 Å². The van der Waals surface area contributed by atoms with Gasteiger partial charge in [0.2, 0.25) is 0 Å². The van der Waals surface area contributed by atoms with Crippen molar-refractivity contribution in [2.75, 3.05) is 0 Å². The van der Waals surface area contributed by atoms with Gasteiger partial charge in [0, 0.05) is 6.04 Å². The third-order valence-electron chi connectivity index (χ3n) is 4.22. The molecule has 0 aromatic carbocycles. The molecule has 1 aliphatic carbocycles. The molecule has 1 saturated carbocycles. The van der Waals surface area contributed by atoms with Gasteiger partial charge in [-0.15, -0.1) is 0 Å². The maximum absolute atomic E-state index is 11.1. The van der Waals surface area contributed by atoms with Crippen LogP contribution in [0.5, 0.6) is 0 Å². The monoisotopic (exact) mass is 240 g/mol. The van der Waals surface area contributed by atoms with Crippen LogP contribution >= 0.6 is 0 Å². The van der Waals surface area contributed by atoms with E-state index in [9.17, 15) is 4.79 Å². The molecule has 0 radical (unpaired) electrons. The lowest BCUT2D eigenvalue weighted by molar-refractivity contribution is 0.0614. The summed E-state index contributed by atoms with van der Waals surface area (Å²) in [6, 6.07) is -0.155. The fourth-order valence-corrected chi connectivity index (χ4v) is 3.59. The zero-order valence-corrected chi connectivity index (χ0v) is 11.8. The lowest BCUT2D eigenvalue weighted by Crippen LogP contribution is -2.51. The topological polar surface area (TPSA) is 55.1 Å². The quantitative estimate of drug-likeness (QED) is 0.777. The van der Waals surface area contributed by atoms with Crippen LogP contribution in [0.15, 0.2) is 0 Å². The molecule has 1 fully saturated rings. The number of primary amides is 1. The van der Waals surface area contributed by atoms with Crippen LogP contribution in [0.2, 0.25) is 0 Å². The fourth-order valence-electron chi connectivity index (χ4n) is 3.59. The minimum atomic E-state index is -0.381. The fraction of sp³-hybridized carbons (Fsp3) is 0.929. The van der Waals surface area contributed by atoms with Crippen molar-refractivity contribution in [1.82, 2.24) is 5.32 Å². The zero-order chi connectivity index (χ0) is 13.1. The predicted octanol–water partition coefficient (Wildman–Crippen LogP) is 3.43. The minimum Gasteiger partial charge on any atom is -0.352 e. The largest absolute Gasteiger partial charge is 0.352 e. The molecule has 0 aromatic rings. The summed E-state index contributed by atoms with van der Waals surface area (Å²) in [6.07, 6.45) is 7.02. The van der Waals surface area contributed by atoms with Gasteiger partial charge in [0.1, 0.15) is 0 Å². The van der Waals surface area contributed by atoms with Crippen LogP contribution < -0.4 is 11.1 Å². The number of hydrogen-bond acceptors (Lipinski definition) is 1. The Balaban J connectivity index is 2.79. The molecule has 3 N–H and O–H groups in total. The molecule has 3 nitrogen and oxygen atoms in total. The highest BCUT2D eigenvalue weighted by Gasteiger charge is 2.41. The molecule has 2 amide bonds. The molecule has 3 heteroatoms. The van der Waals surface area contributed by atoms with Gasteiger partial charge in [-0.05, 0) is 36.5 Å². The van der Waals surface area contributed by atoms with Gasteiger partial charge in [0.15, 0.2) is 0 Å². The van der Waals surface area contributed by atoms with Crippen molar-refractivity contribution >= 4 is 6.03 Å². The van der Waals surface area contributed by atoms with E-state index in [1.807, 2.05) is 0 Å². The maximum atomic E-state index is 11.1. The number of carbonyl (C=O) groups is 1. The number of carbonyl (C=O) groups excluding carboxylic acids is 1. The molecule has 0 aliphatic heterocycles. The Bertz CT molecular complexity index is 275. The van der Waals surface area contributed by atoms with Crippen LogP contribution in [0.25, 0.3) is 0 Å². The van der Waals surface area contributed by atoms with E-state index in [4.69, 9.17) is 5.73 Å². The Morgan fingerprint density at radius 2 is 2.00 bits per heavy atom. The summed E-state index contributed by atoms with van der Waals surface area (Å²) < 4.78 is 0. The Morgan fingerprint density at radius 3 is 2.47 bits per heavy atom. The van der Waals surface area contributed by atoms with Crippen LogP contribution in [0, 0.1) is 10.8 Å². The van der Waals surface area contributed by atoms with Gasteiger partial charge in [0.25, 0.3) is 0 Å². The van der Waals surface area contributed by atoms with Crippen molar-refractivity contribution in [3.8, 4) is 0 Å². The Hall–Kier alpha value is -0.730. The second-order valence-electron chi connectivity index (χ2n) is 6.70. The van der Waals surface area contributed by atoms with Gasteiger partial charge in [-0.2, -0.15) is 0 Å². The van der Waals surface area contributed by atoms with Gasteiger partial charge >= 0.3 is 6.03 Å². The number of rotatable bonds is 4. The smallest absolute Gasteiger partial charge is 0.312 e. The van der Waals surface area contributed by atoms with Crippen LogP contribution in [0.4, 0.5) is 4.79 Å². The predicted molar refractivity (Wildman–Crippen MR) is 71.8 cm³/mol. The van der Waals surface area contributed by atoms with E-state index in [1.54, 1.807) is 0 Å². The molecule has 0 bridgehead atoms. The van der Waals surface area contributed by atoms with Crippen LogP contribution in [-0.2, 0) is 0 Å². The minimum absolute atomic E-state index is 0.201. The van der Waals surface area contributed by atoms with Gasteiger partial charge in [-0.3, -0.25) is 0 Å². The average Bonchev–Trinajstić information content (AvgIpc) is 2.14. The molecule has 1 aliphatic rings. The van der Waals surface area contributed by atoms with Crippen molar-refractivity contribution in [3.63, 3.8) is 0 Å². The second-order valence-corrected chi connectivity index (χ2v) is 6.70. The highest BCUT2D eigenvalue weighted by Crippen LogP contribution is 2.48. The molecule has 0 saturated heterocycles. The SMILES string of the molecule is CCCC(NC(N)=O)C1(C)CCCC(C)(C)C1. The van der Waals surface area contributed by atoms with Gasteiger partial charge in [-0.25, -0.2) is 4.79 Å². The number of nitrogens with one attached hydrogen (secondary N) is 1. The third kappa shape index (κ3) is 3.90. The van der Waals surface area contributed by atoms with Crippen molar-refractivity contribution in [1.29, 1.82) is 0 Å². The normalized spacial score (nSPS) is 29.6. The Kier molecular flexibility index (Phi) is 4.45. The molecular formula is C14H28N2O. The number of hydrogen-bond donors (Lipinski definition) is 2. The second kappa shape index (κ2) is 5.28. The molecule has 2 atom stereocenters. The van der Waals surface area contributed by atoms with E-state index in [0.29, 0.717) is 5.41 Å². The summed E-state index contributed by atoms with van der Waals surface area (Å²) in [5, 5.41) is 2.97. The Labute approximate surface area is 106 Å². The highest BCUT2D eigenvalue weighted by atomic mass is 16.2. The van der Waals surface area contributed by atoms with Gasteiger partial charge in [0.05, 0.1) is 0 Å². The summed E-state index contributed by atoms with van der Waals surface area (Å²) in [6.45, 7) is 9.13. The standard InChI is InChI=1S/C14H28N2O/c1-5-7-11(16-12(15)17)14(4)9-6-8-13(2,3)10-14/h11H,5-10H2,1-4H3,(H3,15,16,17). The third-order valence-corrected chi connectivity index (χ3v) is 4.22. The molecule has 100 valence electrons. The summed E-state index contributed by atoms with van der Waals surface area (Å²) in [4.78, 5) is 11.1. The van der Waals surface area contributed by atoms with Crippen molar-refractivity contribution in [2.45, 2.75) is 72.3 Å². The van der Waals surface area contributed by atoms with E-state index in [1.165, 1.54) is 25.7 Å². The van der Waals surface area contributed by atoms with E-state index in [0.717, 1.165) is 12.8 Å². The first kappa shape index (κ1) is 14.3. The average molecular weight is 240 g/mol. The first-order valence-electron chi connectivity index (χ1n) is 6.85. The Morgan fingerprint density at radius 1 is 1.35 bits per heavy atom. The first-order valence-corrected chi connectivity index (χ1v) is 6.85. The molecular weight excluding hydrogens is 212 g/mol. The van der Waals surface area contributed by atoms with Crippen LogP contribution in [-0.4, -0.2) is 12.1 Å². The van der Waals surface area contributed by atoms with Crippen LogP contribution in [0.3, 0.4) is 0 Å². The molecule has 0 aromatic heterocycles. The first-order chi connectivity index (χ1) is 7.79. The number of amides is 2. The molecule has 17 heavy (non-hydrogen) atoms. The van der Waals surface area contributed by atoms with Crippen molar-refractivity contribution in [2.24, 2.45) is 16.6 Å². The summed E-state index contributed by atoms with van der Waals surface area (Å²) in [5.41, 5.74) is 5.90. The maximum Gasteiger partial charge on any atom is 0.312 e. The molecule has 0 heterocycles. The van der Waals surface area contributed by atoms with E-state index in [-0.39, 0.29) is 17.5 Å². The lowest BCUT2D eigenvalue weighted by atomic mass is 9.61. The molecule has 2 unspecified atom stereocenters. The number of nitrogens with two attached hydrogens (primary N) is 1. The lowest BCUT2D eigenvalue weighted by Gasteiger charge is -2.47.